The van der Waals surface area contributed by atoms with Gasteiger partial charge in [0.05, 0.1) is 5.70 Å². The molecule has 0 aromatic heterocycles. The van der Waals surface area contributed by atoms with Gasteiger partial charge >= 0.3 is 0 Å². The van der Waals surface area contributed by atoms with Gasteiger partial charge in [-0.05, 0) is 48.9 Å². The minimum absolute atomic E-state index is 0.0956. The van der Waals surface area contributed by atoms with Crippen molar-refractivity contribution >= 4 is 17.3 Å². The molecule has 1 aliphatic heterocycles. The van der Waals surface area contributed by atoms with E-state index in [-0.39, 0.29) is 17.8 Å². The first kappa shape index (κ1) is 22.4. The summed E-state index contributed by atoms with van der Waals surface area (Å²) in [5, 5.41) is 2.90. The number of hydrogen-bond acceptors (Lipinski definition) is 4. The van der Waals surface area contributed by atoms with Crippen molar-refractivity contribution in [3.05, 3.63) is 78.3 Å². The van der Waals surface area contributed by atoms with E-state index in [1.165, 1.54) is 12.1 Å². The molecule has 1 heterocycles. The van der Waals surface area contributed by atoms with Gasteiger partial charge in [0.15, 0.2) is 0 Å². The van der Waals surface area contributed by atoms with E-state index in [1.807, 2.05) is 25.1 Å². The van der Waals surface area contributed by atoms with Gasteiger partial charge < -0.3 is 19.9 Å². The number of hydrogen-bond donors (Lipinski definition) is 1. The molecule has 0 aliphatic carbocycles. The largest absolute Gasteiger partial charge is 0.490 e. The van der Waals surface area contributed by atoms with Crippen LogP contribution < -0.4 is 10.1 Å². The fourth-order valence-electron chi connectivity index (χ4n) is 3.54. The molecule has 2 aromatic rings. The molecule has 0 atom stereocenters. The van der Waals surface area contributed by atoms with E-state index in [2.05, 4.69) is 23.4 Å². The lowest BCUT2D eigenvalue weighted by Crippen LogP contribution is -2.37. The quantitative estimate of drug-likeness (QED) is 0.658. The lowest BCUT2D eigenvalue weighted by atomic mass is 10.0. The van der Waals surface area contributed by atoms with Crippen molar-refractivity contribution in [2.24, 2.45) is 0 Å². The van der Waals surface area contributed by atoms with Crippen LogP contribution >= 0.6 is 0 Å². The minimum Gasteiger partial charge on any atom is -0.490 e. The van der Waals surface area contributed by atoms with E-state index < -0.39 is 0 Å². The zero-order valence-electron chi connectivity index (χ0n) is 18.5. The highest BCUT2D eigenvalue weighted by atomic mass is 19.1. The Morgan fingerprint density at radius 1 is 1.13 bits per heavy atom. The Bertz CT molecular complexity index is 961. The van der Waals surface area contributed by atoms with E-state index in [4.69, 9.17) is 4.74 Å². The molecule has 1 N–H and O–H groups in total. The van der Waals surface area contributed by atoms with Crippen molar-refractivity contribution in [2.45, 2.75) is 25.9 Å². The number of benzene rings is 2. The van der Waals surface area contributed by atoms with Gasteiger partial charge in [0, 0.05) is 57.0 Å². The molecule has 0 bridgehead atoms. The average molecular weight is 424 g/mol. The highest BCUT2D eigenvalue weighted by molar-refractivity contribution is 6.03. The van der Waals surface area contributed by atoms with Crippen LogP contribution in [-0.2, 0) is 4.79 Å². The van der Waals surface area contributed by atoms with E-state index in [1.54, 1.807) is 31.1 Å². The monoisotopic (exact) mass is 423 g/mol. The smallest absolute Gasteiger partial charge is 0.271 e. The maximum absolute atomic E-state index is 13.1. The molecule has 164 valence electrons. The Hall–Kier alpha value is -3.28. The second kappa shape index (κ2) is 9.69. The predicted octanol–water partition coefficient (Wildman–Crippen LogP) is 4.66. The first-order valence-corrected chi connectivity index (χ1v) is 10.4. The number of rotatable bonds is 7. The Morgan fingerprint density at radius 2 is 1.77 bits per heavy atom. The van der Waals surface area contributed by atoms with Gasteiger partial charge in [0.25, 0.3) is 5.91 Å². The van der Waals surface area contributed by atoms with E-state index >= 15 is 0 Å². The topological polar surface area (TPSA) is 44.8 Å². The number of nitrogens with one attached hydrogen (secondary N) is 1. The van der Waals surface area contributed by atoms with Crippen molar-refractivity contribution in [3.63, 3.8) is 0 Å². The Balaban J connectivity index is 1.61. The zero-order chi connectivity index (χ0) is 22.5. The number of carbonyl (C=O) groups excluding carboxylic acids is 1. The third-order valence-corrected chi connectivity index (χ3v) is 5.55. The van der Waals surface area contributed by atoms with Gasteiger partial charge in [0.1, 0.15) is 17.7 Å². The molecule has 0 unspecified atom stereocenters. The number of likely N-dealkylation sites (tertiary alicyclic amines) is 1. The summed E-state index contributed by atoms with van der Waals surface area (Å²) in [6, 6.07) is 12.0. The number of piperidine rings is 1. The Labute approximate surface area is 183 Å². The highest BCUT2D eigenvalue weighted by Gasteiger charge is 2.23. The third kappa shape index (κ3) is 5.66. The molecule has 1 saturated heterocycles. The molecule has 2 aromatic carbocycles. The number of halogens is 1. The van der Waals surface area contributed by atoms with Crippen LogP contribution in [0.3, 0.4) is 0 Å². The number of anilines is 1. The van der Waals surface area contributed by atoms with Crippen LogP contribution in [0.5, 0.6) is 5.75 Å². The van der Waals surface area contributed by atoms with Gasteiger partial charge in [0.2, 0.25) is 0 Å². The van der Waals surface area contributed by atoms with Crippen molar-refractivity contribution in [2.75, 3.05) is 32.5 Å². The summed E-state index contributed by atoms with van der Waals surface area (Å²) in [7, 11) is 3.57. The molecular weight excluding hydrogens is 393 g/mol. The molecule has 31 heavy (non-hydrogen) atoms. The maximum Gasteiger partial charge on any atom is 0.271 e. The fraction of sp³-hybridized carbons (Fsp3) is 0.320. The van der Waals surface area contributed by atoms with Gasteiger partial charge in [-0.2, -0.15) is 0 Å². The van der Waals surface area contributed by atoms with Crippen LogP contribution in [0.1, 0.15) is 24.0 Å². The molecule has 1 aliphatic rings. The van der Waals surface area contributed by atoms with Crippen LogP contribution in [0.4, 0.5) is 10.1 Å². The van der Waals surface area contributed by atoms with Gasteiger partial charge in [-0.25, -0.2) is 4.39 Å². The summed E-state index contributed by atoms with van der Waals surface area (Å²) in [5.74, 6) is 0.194. The molecule has 0 radical (unpaired) electrons. The SMILES string of the molecule is C=C(C(=O)Nc1ccc(C)c(C(=C)N2CCC(Oc3ccc(F)cc3)CC2)c1)N(C)C. The standard InChI is InChI=1S/C25H30FN3O2/c1-17-6-9-21(27-25(30)19(3)28(4)5)16-24(17)18(2)29-14-12-23(13-15-29)31-22-10-7-20(26)8-11-22/h6-11,16,23H,2-3,12-15H2,1,4-5H3,(H,27,30). The van der Waals surface area contributed by atoms with Crippen LogP contribution in [0, 0.1) is 12.7 Å². The van der Waals surface area contributed by atoms with E-state index in [0.29, 0.717) is 17.1 Å². The minimum atomic E-state index is -0.265. The molecule has 1 amide bonds. The van der Waals surface area contributed by atoms with Crippen molar-refractivity contribution in [1.82, 2.24) is 9.80 Å². The van der Waals surface area contributed by atoms with Crippen molar-refractivity contribution < 1.29 is 13.9 Å². The predicted molar refractivity (Wildman–Crippen MR) is 123 cm³/mol. The number of carbonyl (C=O) groups is 1. The number of amides is 1. The summed E-state index contributed by atoms with van der Waals surface area (Å²) in [6.45, 7) is 11.8. The summed E-state index contributed by atoms with van der Waals surface area (Å²) in [6.07, 6.45) is 1.81. The van der Waals surface area contributed by atoms with Crippen LogP contribution in [0.15, 0.2) is 61.3 Å². The fourth-order valence-corrected chi connectivity index (χ4v) is 3.54. The summed E-state index contributed by atoms with van der Waals surface area (Å²) in [4.78, 5) is 16.2. The second-order valence-corrected chi connectivity index (χ2v) is 8.03. The molecule has 0 spiro atoms. The number of ether oxygens (including phenoxy) is 1. The van der Waals surface area contributed by atoms with Crippen molar-refractivity contribution in [3.8, 4) is 5.75 Å². The summed E-state index contributed by atoms with van der Waals surface area (Å²) >= 11 is 0. The lowest BCUT2D eigenvalue weighted by Gasteiger charge is -2.35. The van der Waals surface area contributed by atoms with Gasteiger partial charge in [-0.1, -0.05) is 19.2 Å². The van der Waals surface area contributed by atoms with Crippen LogP contribution in [-0.4, -0.2) is 49.0 Å². The normalized spacial score (nSPS) is 14.1. The van der Waals surface area contributed by atoms with Gasteiger partial charge in [-0.3, -0.25) is 4.79 Å². The Morgan fingerprint density at radius 3 is 2.39 bits per heavy atom. The molecule has 0 saturated carbocycles. The average Bonchev–Trinajstić information content (AvgIpc) is 2.76. The molecule has 3 rings (SSSR count). The number of aryl methyl sites for hydroxylation is 1. The van der Waals surface area contributed by atoms with Crippen LogP contribution in [0.2, 0.25) is 0 Å². The summed E-state index contributed by atoms with van der Waals surface area (Å²) in [5.41, 5.74) is 4.14. The maximum atomic E-state index is 13.1. The number of nitrogens with zero attached hydrogens (tertiary/aromatic N) is 2. The first-order chi connectivity index (χ1) is 14.7. The third-order valence-electron chi connectivity index (χ3n) is 5.55. The van der Waals surface area contributed by atoms with E-state index in [9.17, 15) is 9.18 Å². The second-order valence-electron chi connectivity index (χ2n) is 8.03. The van der Waals surface area contributed by atoms with E-state index in [0.717, 1.165) is 42.8 Å². The molecular formula is C25H30FN3O2. The zero-order valence-corrected chi connectivity index (χ0v) is 18.5. The first-order valence-electron chi connectivity index (χ1n) is 10.4. The van der Waals surface area contributed by atoms with Crippen molar-refractivity contribution in [1.29, 1.82) is 0 Å². The van der Waals surface area contributed by atoms with Crippen LogP contribution in [0.25, 0.3) is 5.70 Å². The van der Waals surface area contributed by atoms with Gasteiger partial charge in [-0.15, -0.1) is 0 Å². The number of likely N-dealkylation sites (N-methyl/N-ethyl adjacent to an activating group) is 1. The molecule has 1 fully saturated rings. The molecule has 6 heteroatoms. The molecule has 5 nitrogen and oxygen atoms in total. The Kier molecular flexibility index (Phi) is 7.00. The highest BCUT2D eigenvalue weighted by Crippen LogP contribution is 2.28. The summed E-state index contributed by atoms with van der Waals surface area (Å²) < 4.78 is 19.1. The lowest BCUT2D eigenvalue weighted by molar-refractivity contribution is -0.114.